The van der Waals surface area contributed by atoms with Crippen molar-refractivity contribution in [3.63, 3.8) is 0 Å². The molecular weight excluding hydrogens is 466 g/mol. The molecule has 6 heteroatoms. The van der Waals surface area contributed by atoms with E-state index in [4.69, 9.17) is 5.10 Å². The normalized spacial score (nSPS) is 20.9. The van der Waals surface area contributed by atoms with Gasteiger partial charge < -0.3 is 4.98 Å². The van der Waals surface area contributed by atoms with Gasteiger partial charge in [-0.25, -0.2) is 8.78 Å². The molecule has 2 aliphatic carbocycles. The molecule has 37 heavy (non-hydrogen) atoms. The number of H-pyrrole nitrogens is 1. The molecule has 1 aromatic heterocycles. The molecule has 1 aliphatic heterocycles. The summed E-state index contributed by atoms with van der Waals surface area (Å²) in [4.78, 5) is 8.23. The average Bonchev–Trinajstić information content (AvgIpc) is 3.60. The highest BCUT2D eigenvalue weighted by molar-refractivity contribution is 6.10. The predicted molar refractivity (Wildman–Crippen MR) is 146 cm³/mol. The molecule has 2 unspecified atom stereocenters. The molecule has 1 saturated carbocycles. The number of aromatic amines is 1. The number of nitrogens with one attached hydrogen (secondary N) is 1. The topological polar surface area (TPSA) is 43.8 Å². The van der Waals surface area contributed by atoms with Gasteiger partial charge in [0.05, 0.1) is 17.8 Å². The van der Waals surface area contributed by atoms with Crippen LogP contribution in [0.4, 0.5) is 8.78 Å². The molecular formula is C31H30F2N4. The van der Waals surface area contributed by atoms with E-state index in [2.05, 4.69) is 16.0 Å². The van der Waals surface area contributed by atoms with Crippen molar-refractivity contribution in [2.75, 3.05) is 13.1 Å². The third-order valence-corrected chi connectivity index (χ3v) is 8.45. The highest BCUT2D eigenvalue weighted by Crippen LogP contribution is 2.55. The molecule has 0 amide bonds. The minimum Gasteiger partial charge on any atom is -0.354 e. The van der Waals surface area contributed by atoms with Crippen molar-refractivity contribution in [1.29, 1.82) is 0 Å². The lowest BCUT2D eigenvalue weighted by atomic mass is 9.88. The quantitative estimate of drug-likeness (QED) is 0.315. The summed E-state index contributed by atoms with van der Waals surface area (Å²) < 4.78 is 28.8. The van der Waals surface area contributed by atoms with E-state index in [1.807, 2.05) is 31.0 Å². The van der Waals surface area contributed by atoms with Gasteiger partial charge in [0.1, 0.15) is 17.5 Å². The molecule has 188 valence electrons. The number of aromatic nitrogens is 1. The van der Waals surface area contributed by atoms with Crippen molar-refractivity contribution >= 4 is 33.4 Å². The van der Waals surface area contributed by atoms with E-state index in [-0.39, 0.29) is 11.6 Å². The van der Waals surface area contributed by atoms with E-state index in [0.29, 0.717) is 18.4 Å². The van der Waals surface area contributed by atoms with Crippen LogP contribution in [-0.2, 0) is 12.8 Å². The van der Waals surface area contributed by atoms with Crippen LogP contribution in [-0.4, -0.2) is 34.6 Å². The Bertz CT molecular complexity index is 1630. The third kappa shape index (κ3) is 3.85. The van der Waals surface area contributed by atoms with Crippen LogP contribution in [0.25, 0.3) is 32.9 Å². The van der Waals surface area contributed by atoms with Gasteiger partial charge in [-0.1, -0.05) is 6.07 Å². The molecule has 7 rings (SSSR count). The highest BCUT2D eigenvalue weighted by atomic mass is 19.1. The zero-order chi connectivity index (χ0) is 25.3. The van der Waals surface area contributed by atoms with Crippen molar-refractivity contribution in [2.45, 2.75) is 51.9 Å². The van der Waals surface area contributed by atoms with E-state index in [9.17, 15) is 8.78 Å². The third-order valence-electron chi connectivity index (χ3n) is 8.45. The minimum atomic E-state index is -0.241. The Hall–Kier alpha value is -3.54. The monoisotopic (exact) mass is 496 g/mol. The number of benzene rings is 3. The van der Waals surface area contributed by atoms with Gasteiger partial charge in [0.25, 0.3) is 0 Å². The fourth-order valence-electron chi connectivity index (χ4n) is 6.51. The molecule has 1 N–H and O–H groups in total. The molecule has 0 radical (unpaired) electrons. The van der Waals surface area contributed by atoms with Crippen LogP contribution in [0.3, 0.4) is 0 Å². The standard InChI is InChI=1S/C31H30F2N4/c1-17-16-34-18(2)37(36-17)11-10-20-12-25(20)30-23-5-3-4-19-6-7-21(32)13-24(19)26(23)15-28-27-14-22(33)8-9-29(27)35-31(28)30/h6-9,13-15,20,25,35H,3-5,10-12,16H2,1-2H3. The van der Waals surface area contributed by atoms with Gasteiger partial charge in [-0.15, -0.1) is 0 Å². The Morgan fingerprint density at radius 1 is 0.973 bits per heavy atom. The van der Waals surface area contributed by atoms with Gasteiger partial charge in [0, 0.05) is 22.8 Å². The predicted octanol–water partition coefficient (Wildman–Crippen LogP) is 7.36. The first-order valence-electron chi connectivity index (χ1n) is 13.3. The van der Waals surface area contributed by atoms with Crippen LogP contribution in [0, 0.1) is 17.6 Å². The van der Waals surface area contributed by atoms with Gasteiger partial charge in [-0.2, -0.15) is 5.10 Å². The fraction of sp³-hybridized carbons (Fsp3) is 0.355. The first kappa shape index (κ1) is 22.6. The lowest BCUT2D eigenvalue weighted by Gasteiger charge is -2.23. The van der Waals surface area contributed by atoms with Crippen molar-refractivity contribution in [2.24, 2.45) is 16.0 Å². The molecule has 0 bridgehead atoms. The maximum absolute atomic E-state index is 14.5. The molecule has 0 saturated heterocycles. The minimum absolute atomic E-state index is 0.211. The average molecular weight is 497 g/mol. The molecule has 2 atom stereocenters. The summed E-state index contributed by atoms with van der Waals surface area (Å²) >= 11 is 0. The van der Waals surface area contributed by atoms with E-state index >= 15 is 0 Å². The summed E-state index contributed by atoms with van der Waals surface area (Å²) in [5.74, 6) is 1.51. The maximum atomic E-state index is 14.5. The van der Waals surface area contributed by atoms with Crippen LogP contribution >= 0.6 is 0 Å². The summed E-state index contributed by atoms with van der Waals surface area (Å²) in [5.41, 5.74) is 9.10. The molecule has 4 nitrogen and oxygen atoms in total. The largest absolute Gasteiger partial charge is 0.354 e. The number of hydrogen-bond acceptors (Lipinski definition) is 3. The number of nitrogens with zero attached hydrogens (tertiary/aromatic N) is 3. The zero-order valence-corrected chi connectivity index (χ0v) is 21.2. The van der Waals surface area contributed by atoms with Crippen LogP contribution < -0.4 is 0 Å². The molecule has 1 fully saturated rings. The zero-order valence-electron chi connectivity index (χ0n) is 21.2. The molecule has 2 heterocycles. The van der Waals surface area contributed by atoms with E-state index in [0.717, 1.165) is 83.1 Å². The van der Waals surface area contributed by atoms with Gasteiger partial charge >= 0.3 is 0 Å². The highest BCUT2D eigenvalue weighted by Gasteiger charge is 2.42. The Balaban J connectivity index is 1.35. The van der Waals surface area contributed by atoms with Crippen molar-refractivity contribution in [1.82, 2.24) is 9.99 Å². The van der Waals surface area contributed by atoms with E-state index in [1.54, 1.807) is 18.2 Å². The number of rotatable bonds is 4. The van der Waals surface area contributed by atoms with Gasteiger partial charge in [-0.3, -0.25) is 10.0 Å². The Labute approximate surface area is 215 Å². The number of hydrazone groups is 1. The smallest absolute Gasteiger partial charge is 0.123 e. The van der Waals surface area contributed by atoms with Crippen LogP contribution in [0.15, 0.2) is 52.6 Å². The SMILES string of the molecule is CC1=NN(CCC2CC2c2c3c(cc4c2[nH]c2ccc(F)cc24)-c2cc(F)ccc2CCC3)C(C)=NC1. The molecule has 3 aliphatic rings. The lowest BCUT2D eigenvalue weighted by molar-refractivity contribution is 0.410. The first-order valence-corrected chi connectivity index (χ1v) is 13.3. The number of aryl methyl sites for hydroxylation is 1. The van der Waals surface area contributed by atoms with Crippen LogP contribution in [0.1, 0.15) is 55.7 Å². The Morgan fingerprint density at radius 3 is 2.70 bits per heavy atom. The molecule has 0 spiro atoms. The summed E-state index contributed by atoms with van der Waals surface area (Å²) in [6.45, 7) is 5.60. The van der Waals surface area contributed by atoms with E-state index < -0.39 is 0 Å². The number of fused-ring (bicyclic) bond motifs is 6. The summed E-state index contributed by atoms with van der Waals surface area (Å²) in [5, 5.41) is 8.67. The number of amidine groups is 1. The van der Waals surface area contributed by atoms with E-state index in [1.165, 1.54) is 22.8 Å². The first-order chi connectivity index (χ1) is 18.0. The Kier molecular flexibility index (Phi) is 5.20. The number of halogens is 2. The fourth-order valence-corrected chi connectivity index (χ4v) is 6.51. The number of hydrogen-bond donors (Lipinski definition) is 1. The van der Waals surface area contributed by atoms with Crippen LogP contribution in [0.2, 0.25) is 0 Å². The van der Waals surface area contributed by atoms with Crippen molar-refractivity contribution in [3.8, 4) is 11.1 Å². The Morgan fingerprint density at radius 2 is 1.81 bits per heavy atom. The molecule has 3 aromatic carbocycles. The summed E-state index contributed by atoms with van der Waals surface area (Å²) in [6.07, 6.45) is 5.10. The van der Waals surface area contributed by atoms with Gasteiger partial charge in [-0.05, 0) is 122 Å². The van der Waals surface area contributed by atoms with Gasteiger partial charge in [0.2, 0.25) is 0 Å². The molecule has 4 aromatic rings. The second kappa shape index (κ2) is 8.51. The van der Waals surface area contributed by atoms with Crippen LogP contribution in [0.5, 0.6) is 0 Å². The van der Waals surface area contributed by atoms with Crippen molar-refractivity contribution < 1.29 is 8.78 Å². The second-order valence-electron chi connectivity index (χ2n) is 10.9. The lowest BCUT2D eigenvalue weighted by Crippen LogP contribution is -2.30. The maximum Gasteiger partial charge on any atom is 0.123 e. The second-order valence-corrected chi connectivity index (χ2v) is 10.9. The van der Waals surface area contributed by atoms with Gasteiger partial charge in [0.15, 0.2) is 0 Å². The summed E-state index contributed by atoms with van der Waals surface area (Å²) in [7, 11) is 0. The number of aliphatic imine (C=N–C) groups is 1. The summed E-state index contributed by atoms with van der Waals surface area (Å²) in [6, 6.07) is 12.3. The van der Waals surface area contributed by atoms with Crippen molar-refractivity contribution in [3.05, 3.63) is 70.8 Å².